The van der Waals surface area contributed by atoms with E-state index in [9.17, 15) is 13.2 Å². The van der Waals surface area contributed by atoms with Gasteiger partial charge in [-0.1, -0.05) is 23.2 Å². The minimum atomic E-state index is -3.86. The number of rotatable bonds is 4. The van der Waals surface area contributed by atoms with Gasteiger partial charge in [-0.2, -0.15) is 0 Å². The molecule has 0 bridgehead atoms. The van der Waals surface area contributed by atoms with Crippen LogP contribution in [-0.2, 0) is 14.8 Å². The molecule has 21 heavy (non-hydrogen) atoms. The summed E-state index contributed by atoms with van der Waals surface area (Å²) in [4.78, 5) is 11.7. The molecule has 1 aromatic heterocycles. The van der Waals surface area contributed by atoms with Crippen molar-refractivity contribution >= 4 is 56.2 Å². The second-order valence-electron chi connectivity index (χ2n) is 3.85. The minimum Gasteiger partial charge on any atom is -0.465 e. The first kappa shape index (κ1) is 16.1. The van der Waals surface area contributed by atoms with E-state index in [1.54, 1.807) is 0 Å². The fourth-order valence-electron chi connectivity index (χ4n) is 1.53. The summed E-state index contributed by atoms with van der Waals surface area (Å²) in [7, 11) is -2.65. The molecule has 1 aromatic carbocycles. The third-order valence-electron chi connectivity index (χ3n) is 2.44. The standard InChI is InChI=1S/C12H9Cl2NO4S2/c1-19-12(16)8-3-2-7(13)6-9(8)15-21(17,18)11-5-4-10(14)20-11/h2-6,15H,1H3. The van der Waals surface area contributed by atoms with E-state index < -0.39 is 16.0 Å². The highest BCUT2D eigenvalue weighted by Gasteiger charge is 2.21. The lowest BCUT2D eigenvalue weighted by atomic mass is 10.2. The first-order valence-corrected chi connectivity index (χ1v) is 8.55. The second kappa shape index (κ2) is 6.23. The van der Waals surface area contributed by atoms with E-state index in [-0.39, 0.29) is 20.5 Å². The Morgan fingerprint density at radius 3 is 2.52 bits per heavy atom. The average Bonchev–Trinajstić information content (AvgIpc) is 2.85. The average molecular weight is 366 g/mol. The van der Waals surface area contributed by atoms with Crippen molar-refractivity contribution in [3.8, 4) is 0 Å². The molecule has 5 nitrogen and oxygen atoms in total. The van der Waals surface area contributed by atoms with E-state index in [0.717, 1.165) is 11.3 Å². The third-order valence-corrected chi connectivity index (χ3v) is 5.77. The number of ether oxygens (including phenoxy) is 1. The Morgan fingerprint density at radius 2 is 1.95 bits per heavy atom. The van der Waals surface area contributed by atoms with Crippen LogP contribution in [0.2, 0.25) is 9.36 Å². The Kier molecular flexibility index (Phi) is 4.77. The summed E-state index contributed by atoms with van der Waals surface area (Å²) < 4.78 is 31.8. The number of methoxy groups -OCH3 is 1. The summed E-state index contributed by atoms with van der Waals surface area (Å²) in [5.74, 6) is -0.673. The van der Waals surface area contributed by atoms with E-state index in [2.05, 4.69) is 9.46 Å². The Balaban J connectivity index is 2.43. The number of hydrogen-bond acceptors (Lipinski definition) is 5. The fraction of sp³-hybridized carbons (Fsp3) is 0.0833. The highest BCUT2D eigenvalue weighted by Crippen LogP contribution is 2.29. The number of carbonyl (C=O) groups is 1. The highest BCUT2D eigenvalue weighted by atomic mass is 35.5. The zero-order valence-electron chi connectivity index (χ0n) is 10.6. The van der Waals surface area contributed by atoms with Crippen LogP contribution in [0.25, 0.3) is 0 Å². The molecule has 2 rings (SSSR count). The maximum Gasteiger partial charge on any atom is 0.339 e. The highest BCUT2D eigenvalue weighted by molar-refractivity contribution is 7.94. The van der Waals surface area contributed by atoms with Gasteiger partial charge in [-0.15, -0.1) is 11.3 Å². The van der Waals surface area contributed by atoms with E-state index >= 15 is 0 Å². The maximum atomic E-state index is 12.2. The van der Waals surface area contributed by atoms with E-state index in [1.165, 1.54) is 37.4 Å². The van der Waals surface area contributed by atoms with Crippen LogP contribution in [0.15, 0.2) is 34.5 Å². The molecule has 2 aromatic rings. The lowest BCUT2D eigenvalue weighted by Crippen LogP contribution is -2.15. The molecule has 0 unspecified atom stereocenters. The van der Waals surface area contributed by atoms with Gasteiger partial charge in [-0.05, 0) is 30.3 Å². The Labute approximate surface area is 135 Å². The van der Waals surface area contributed by atoms with Crippen molar-refractivity contribution < 1.29 is 17.9 Å². The molecule has 9 heteroatoms. The van der Waals surface area contributed by atoms with Gasteiger partial charge in [-0.3, -0.25) is 4.72 Å². The fourth-order valence-corrected chi connectivity index (χ4v) is 4.25. The van der Waals surface area contributed by atoms with Crippen LogP contribution in [0, 0.1) is 0 Å². The molecule has 0 fully saturated rings. The predicted molar refractivity (Wildman–Crippen MR) is 82.9 cm³/mol. The Morgan fingerprint density at radius 1 is 1.24 bits per heavy atom. The first-order valence-electron chi connectivity index (χ1n) is 5.49. The van der Waals surface area contributed by atoms with Gasteiger partial charge >= 0.3 is 5.97 Å². The van der Waals surface area contributed by atoms with Gasteiger partial charge < -0.3 is 4.74 Å². The summed E-state index contributed by atoms with van der Waals surface area (Å²) in [6, 6.07) is 7.03. The molecule has 0 aliphatic carbocycles. The lowest BCUT2D eigenvalue weighted by molar-refractivity contribution is 0.0602. The third kappa shape index (κ3) is 3.68. The van der Waals surface area contributed by atoms with Gasteiger partial charge in [0.1, 0.15) is 4.21 Å². The second-order valence-corrected chi connectivity index (χ2v) is 7.91. The van der Waals surface area contributed by atoms with Crippen LogP contribution in [0.1, 0.15) is 10.4 Å². The summed E-state index contributed by atoms with van der Waals surface area (Å²) in [5, 5.41) is 0.282. The molecule has 0 atom stereocenters. The molecule has 0 amide bonds. The normalized spacial score (nSPS) is 11.2. The monoisotopic (exact) mass is 365 g/mol. The van der Waals surface area contributed by atoms with Gasteiger partial charge in [0.2, 0.25) is 0 Å². The van der Waals surface area contributed by atoms with Crippen molar-refractivity contribution in [1.29, 1.82) is 0 Å². The van der Waals surface area contributed by atoms with Gasteiger partial charge in [0.05, 0.1) is 22.7 Å². The SMILES string of the molecule is COC(=O)c1ccc(Cl)cc1NS(=O)(=O)c1ccc(Cl)s1. The van der Waals surface area contributed by atoms with Crippen LogP contribution >= 0.6 is 34.5 Å². The molecule has 0 saturated carbocycles. The number of hydrogen-bond donors (Lipinski definition) is 1. The molecular weight excluding hydrogens is 357 g/mol. The van der Waals surface area contributed by atoms with Crippen LogP contribution in [0.3, 0.4) is 0 Å². The Bertz CT molecular complexity index is 786. The van der Waals surface area contributed by atoms with Crippen LogP contribution < -0.4 is 4.72 Å². The zero-order valence-corrected chi connectivity index (χ0v) is 13.7. The molecule has 0 aliphatic rings. The number of esters is 1. The number of thiophene rings is 1. The van der Waals surface area contributed by atoms with Crippen molar-refractivity contribution in [3.63, 3.8) is 0 Å². The van der Waals surface area contributed by atoms with Crippen LogP contribution in [0.4, 0.5) is 5.69 Å². The number of benzene rings is 1. The number of sulfonamides is 1. The van der Waals surface area contributed by atoms with Gasteiger partial charge in [0.25, 0.3) is 10.0 Å². The quantitative estimate of drug-likeness (QED) is 0.839. The summed E-state index contributed by atoms with van der Waals surface area (Å²) in [5.41, 5.74) is 0.104. The molecule has 112 valence electrons. The van der Waals surface area contributed by atoms with E-state index in [4.69, 9.17) is 23.2 Å². The topological polar surface area (TPSA) is 72.5 Å². The van der Waals surface area contributed by atoms with Gasteiger partial charge in [0.15, 0.2) is 0 Å². The van der Waals surface area contributed by atoms with Gasteiger partial charge in [-0.25, -0.2) is 13.2 Å². The predicted octanol–water partition coefficient (Wildman–Crippen LogP) is 3.64. The molecular formula is C12H9Cl2NO4S2. The van der Waals surface area contributed by atoms with Crippen molar-refractivity contribution in [2.75, 3.05) is 11.8 Å². The van der Waals surface area contributed by atoms with Crippen LogP contribution in [0.5, 0.6) is 0 Å². The summed E-state index contributed by atoms with van der Waals surface area (Å²) >= 11 is 12.5. The smallest absolute Gasteiger partial charge is 0.339 e. The molecule has 0 radical (unpaired) electrons. The Hall–Kier alpha value is -1.28. The van der Waals surface area contributed by atoms with Crippen molar-refractivity contribution in [1.82, 2.24) is 0 Å². The zero-order chi connectivity index (χ0) is 15.6. The summed E-state index contributed by atoms with van der Waals surface area (Å²) in [6.07, 6.45) is 0. The van der Waals surface area contributed by atoms with Gasteiger partial charge in [0, 0.05) is 5.02 Å². The molecule has 1 heterocycles. The maximum absolute atomic E-state index is 12.2. The minimum absolute atomic E-state index is 0.0308. The molecule has 0 aliphatic heterocycles. The number of nitrogens with one attached hydrogen (secondary N) is 1. The molecule has 0 spiro atoms. The largest absolute Gasteiger partial charge is 0.465 e. The van der Waals surface area contributed by atoms with Crippen LogP contribution in [-0.4, -0.2) is 21.5 Å². The molecule has 0 saturated heterocycles. The first-order chi connectivity index (χ1) is 9.83. The number of anilines is 1. The lowest BCUT2D eigenvalue weighted by Gasteiger charge is -2.10. The summed E-state index contributed by atoms with van der Waals surface area (Å²) in [6.45, 7) is 0. The molecule has 1 N–H and O–H groups in total. The number of halogens is 2. The van der Waals surface area contributed by atoms with E-state index in [1.807, 2.05) is 0 Å². The number of carbonyl (C=O) groups excluding carboxylic acids is 1. The van der Waals surface area contributed by atoms with Crippen molar-refractivity contribution in [3.05, 3.63) is 45.3 Å². The van der Waals surface area contributed by atoms with Crippen molar-refractivity contribution in [2.24, 2.45) is 0 Å². The van der Waals surface area contributed by atoms with E-state index in [0.29, 0.717) is 4.34 Å². The van der Waals surface area contributed by atoms with Crippen molar-refractivity contribution in [2.45, 2.75) is 4.21 Å².